The number of anilines is 1. The summed E-state index contributed by atoms with van der Waals surface area (Å²) >= 11 is 0. The van der Waals surface area contributed by atoms with E-state index < -0.39 is 23.4 Å². The van der Waals surface area contributed by atoms with Crippen LogP contribution in [0.2, 0.25) is 0 Å². The lowest BCUT2D eigenvalue weighted by Gasteiger charge is -2.10. The number of benzene rings is 3. The van der Waals surface area contributed by atoms with Crippen molar-refractivity contribution in [2.75, 3.05) is 12.4 Å². The first-order valence-corrected chi connectivity index (χ1v) is 12.4. The predicted octanol–water partition coefficient (Wildman–Crippen LogP) is 6.77. The van der Waals surface area contributed by atoms with Gasteiger partial charge in [0.1, 0.15) is 11.6 Å². The predicted molar refractivity (Wildman–Crippen MR) is 154 cm³/mol. The zero-order valence-corrected chi connectivity index (χ0v) is 22.2. The van der Waals surface area contributed by atoms with E-state index >= 15 is 4.39 Å². The SMILES string of the molecule is C=C(/C=C\C=C(/C)c1c(F)cc(C(N)=O)c2[nH]c3cc(C(C)C)ccc3c12)NC(=O)c1cccc(F)c1NC. The van der Waals surface area contributed by atoms with Gasteiger partial charge in [-0.3, -0.25) is 9.59 Å². The number of allylic oxidation sites excluding steroid dienone is 4. The minimum atomic E-state index is -0.727. The number of primary amides is 1. The van der Waals surface area contributed by atoms with E-state index in [1.54, 1.807) is 25.2 Å². The van der Waals surface area contributed by atoms with Gasteiger partial charge in [0.25, 0.3) is 11.8 Å². The molecule has 5 N–H and O–H groups in total. The lowest BCUT2D eigenvalue weighted by molar-refractivity contribution is 0.0965. The third-order valence-electron chi connectivity index (χ3n) is 6.60. The Labute approximate surface area is 225 Å². The maximum absolute atomic E-state index is 15.5. The van der Waals surface area contributed by atoms with Crippen molar-refractivity contribution in [3.8, 4) is 0 Å². The third-order valence-corrected chi connectivity index (χ3v) is 6.60. The van der Waals surface area contributed by atoms with Crippen molar-refractivity contribution in [2.45, 2.75) is 26.7 Å². The van der Waals surface area contributed by atoms with Crippen LogP contribution in [0.25, 0.3) is 27.4 Å². The van der Waals surface area contributed by atoms with Gasteiger partial charge in [0.05, 0.1) is 22.3 Å². The molecule has 6 nitrogen and oxygen atoms in total. The molecule has 0 aliphatic carbocycles. The first-order chi connectivity index (χ1) is 18.5. The first kappa shape index (κ1) is 27.3. The van der Waals surface area contributed by atoms with Crippen molar-refractivity contribution in [3.05, 3.63) is 107 Å². The maximum Gasteiger partial charge on any atom is 0.257 e. The second-order valence-corrected chi connectivity index (χ2v) is 9.58. The standard InChI is InChI=1S/C31H30F2N4O2/c1-16(2)19-12-13-20-25(14-19)37-29-22(30(34)38)15-24(33)26(27(20)29)17(3)8-6-9-18(4)36-31(39)21-10-7-11-23(32)28(21)35-5/h6-16,35,37H,4H2,1-3,5H3,(H2,34,38)(H,36,39)/b9-6-,17-8+. The van der Waals surface area contributed by atoms with Crippen LogP contribution in [0.15, 0.2) is 73.0 Å². The maximum atomic E-state index is 15.5. The van der Waals surface area contributed by atoms with Crippen LogP contribution < -0.4 is 16.4 Å². The highest BCUT2D eigenvalue weighted by molar-refractivity contribution is 6.18. The Morgan fingerprint density at radius 2 is 1.82 bits per heavy atom. The smallest absolute Gasteiger partial charge is 0.257 e. The summed E-state index contributed by atoms with van der Waals surface area (Å²) in [5.74, 6) is -2.08. The molecule has 4 aromatic rings. The number of nitrogens with one attached hydrogen (secondary N) is 3. The Balaban J connectivity index is 1.69. The Bertz CT molecular complexity index is 1700. The molecule has 0 saturated heterocycles. The van der Waals surface area contributed by atoms with Crippen LogP contribution in [0.5, 0.6) is 0 Å². The molecule has 4 rings (SSSR count). The van der Waals surface area contributed by atoms with Crippen molar-refractivity contribution < 1.29 is 18.4 Å². The molecule has 3 aromatic carbocycles. The van der Waals surface area contributed by atoms with E-state index in [1.807, 2.05) is 18.2 Å². The van der Waals surface area contributed by atoms with E-state index in [2.05, 4.69) is 36.0 Å². The Hall–Kier alpha value is -4.72. The topological polar surface area (TPSA) is 100 Å². The number of carbonyl (C=O) groups is 2. The molecule has 200 valence electrons. The van der Waals surface area contributed by atoms with Crippen molar-refractivity contribution in [2.24, 2.45) is 5.73 Å². The van der Waals surface area contributed by atoms with E-state index in [4.69, 9.17) is 5.73 Å². The minimum Gasteiger partial charge on any atom is -0.385 e. The molecule has 0 unspecified atom stereocenters. The van der Waals surface area contributed by atoms with Gasteiger partial charge in [-0.1, -0.05) is 50.8 Å². The summed E-state index contributed by atoms with van der Waals surface area (Å²) in [7, 11) is 1.53. The molecular formula is C31H30F2N4O2. The van der Waals surface area contributed by atoms with E-state index in [0.717, 1.165) is 22.5 Å². The molecule has 0 fully saturated rings. The van der Waals surface area contributed by atoms with Gasteiger partial charge < -0.3 is 21.4 Å². The highest BCUT2D eigenvalue weighted by Crippen LogP contribution is 2.37. The zero-order valence-electron chi connectivity index (χ0n) is 22.2. The lowest BCUT2D eigenvalue weighted by Crippen LogP contribution is -2.22. The van der Waals surface area contributed by atoms with Crippen LogP contribution in [-0.2, 0) is 0 Å². The molecule has 8 heteroatoms. The van der Waals surface area contributed by atoms with Gasteiger partial charge in [-0.15, -0.1) is 0 Å². The molecule has 1 aromatic heterocycles. The van der Waals surface area contributed by atoms with Crippen molar-refractivity contribution >= 4 is 44.9 Å². The number of nitrogens with two attached hydrogens (primary N) is 1. The molecular weight excluding hydrogens is 498 g/mol. The second-order valence-electron chi connectivity index (χ2n) is 9.58. The number of halogens is 2. The van der Waals surface area contributed by atoms with Crippen LogP contribution in [-0.4, -0.2) is 23.8 Å². The first-order valence-electron chi connectivity index (χ1n) is 12.4. The van der Waals surface area contributed by atoms with Crippen LogP contribution in [0.3, 0.4) is 0 Å². The normalized spacial score (nSPS) is 12.0. The number of carbonyl (C=O) groups excluding carboxylic acids is 2. The quantitative estimate of drug-likeness (QED) is 0.190. The second kappa shape index (κ2) is 10.9. The third kappa shape index (κ3) is 5.31. The van der Waals surface area contributed by atoms with E-state index in [0.29, 0.717) is 28.0 Å². The number of hydrogen-bond acceptors (Lipinski definition) is 3. The summed E-state index contributed by atoms with van der Waals surface area (Å²) in [6.07, 6.45) is 4.86. The molecule has 0 spiro atoms. The Morgan fingerprint density at radius 3 is 2.49 bits per heavy atom. The van der Waals surface area contributed by atoms with Crippen molar-refractivity contribution in [1.82, 2.24) is 10.3 Å². The van der Waals surface area contributed by atoms with Gasteiger partial charge >= 0.3 is 0 Å². The van der Waals surface area contributed by atoms with Crippen LogP contribution in [0.4, 0.5) is 14.5 Å². The number of aromatic nitrogens is 1. The van der Waals surface area contributed by atoms with Gasteiger partial charge in [-0.2, -0.15) is 0 Å². The molecule has 0 atom stereocenters. The van der Waals surface area contributed by atoms with Gasteiger partial charge in [0, 0.05) is 34.6 Å². The van der Waals surface area contributed by atoms with Crippen LogP contribution in [0, 0.1) is 11.6 Å². The summed E-state index contributed by atoms with van der Waals surface area (Å²) < 4.78 is 29.5. The average molecular weight is 529 g/mol. The fourth-order valence-corrected chi connectivity index (χ4v) is 4.62. The Morgan fingerprint density at radius 1 is 1.08 bits per heavy atom. The number of para-hydroxylation sites is 1. The largest absolute Gasteiger partial charge is 0.385 e. The van der Waals surface area contributed by atoms with Crippen LogP contribution in [0.1, 0.15) is 58.5 Å². The lowest BCUT2D eigenvalue weighted by atomic mass is 9.95. The summed E-state index contributed by atoms with van der Waals surface area (Å²) in [4.78, 5) is 28.0. The number of fused-ring (bicyclic) bond motifs is 3. The molecule has 2 amide bonds. The number of aromatic amines is 1. The summed E-state index contributed by atoms with van der Waals surface area (Å²) in [6.45, 7) is 9.74. The van der Waals surface area contributed by atoms with E-state index in [9.17, 15) is 14.0 Å². The minimum absolute atomic E-state index is 0.0752. The highest BCUT2D eigenvalue weighted by Gasteiger charge is 2.21. The molecule has 1 heterocycles. The van der Waals surface area contributed by atoms with Crippen LogP contribution >= 0.6 is 0 Å². The van der Waals surface area contributed by atoms with Crippen molar-refractivity contribution in [1.29, 1.82) is 0 Å². The van der Waals surface area contributed by atoms with Crippen molar-refractivity contribution in [3.63, 3.8) is 0 Å². The monoisotopic (exact) mass is 528 g/mol. The number of amides is 2. The summed E-state index contributed by atoms with van der Waals surface area (Å²) in [6, 6.07) is 11.3. The van der Waals surface area contributed by atoms with E-state index in [-0.39, 0.29) is 22.5 Å². The summed E-state index contributed by atoms with van der Waals surface area (Å²) in [5.41, 5.74) is 9.40. The molecule has 0 saturated carbocycles. The fraction of sp³-hybridized carbons (Fsp3) is 0.161. The average Bonchev–Trinajstić information content (AvgIpc) is 3.26. The number of hydrogen-bond donors (Lipinski definition) is 4. The summed E-state index contributed by atoms with van der Waals surface area (Å²) in [5, 5.41) is 6.64. The van der Waals surface area contributed by atoms with Gasteiger partial charge in [0.2, 0.25) is 0 Å². The fourth-order valence-electron chi connectivity index (χ4n) is 4.62. The van der Waals surface area contributed by atoms with E-state index in [1.165, 1.54) is 25.2 Å². The number of H-pyrrole nitrogens is 1. The molecule has 0 aliphatic heterocycles. The number of rotatable bonds is 8. The van der Waals surface area contributed by atoms with Gasteiger partial charge in [0.15, 0.2) is 0 Å². The van der Waals surface area contributed by atoms with Gasteiger partial charge in [-0.25, -0.2) is 8.78 Å². The molecule has 0 radical (unpaired) electrons. The molecule has 39 heavy (non-hydrogen) atoms. The molecule has 0 bridgehead atoms. The molecule has 0 aliphatic rings. The zero-order chi connectivity index (χ0) is 28.4. The Kier molecular flexibility index (Phi) is 7.67. The highest BCUT2D eigenvalue weighted by atomic mass is 19.1. The van der Waals surface area contributed by atoms with Gasteiger partial charge in [-0.05, 0) is 54.3 Å².